The van der Waals surface area contributed by atoms with Crippen molar-refractivity contribution in [1.29, 1.82) is 0 Å². The second kappa shape index (κ2) is 4.89. The van der Waals surface area contributed by atoms with E-state index in [0.29, 0.717) is 16.5 Å². The number of carbonyl (C=O) groups is 1. The number of halogens is 1. The number of hydrogen-bond donors (Lipinski definition) is 1. The molecular weight excluding hydrogens is 240 g/mol. The normalized spacial score (nSPS) is 10.9. The second-order valence-corrected chi connectivity index (χ2v) is 3.76. The fraction of sp³-hybridized carbons (Fsp3) is 0. The minimum atomic E-state index is -1.01. The van der Waals surface area contributed by atoms with Crippen molar-refractivity contribution in [3.63, 3.8) is 0 Å². The highest BCUT2D eigenvalue weighted by atomic mass is 35.5. The van der Waals surface area contributed by atoms with Gasteiger partial charge < -0.3 is 9.52 Å². The van der Waals surface area contributed by atoms with Gasteiger partial charge in [0.2, 0.25) is 0 Å². The highest BCUT2D eigenvalue weighted by molar-refractivity contribution is 6.33. The van der Waals surface area contributed by atoms with Gasteiger partial charge in [-0.3, -0.25) is 0 Å². The maximum Gasteiger partial charge on any atom is 0.328 e. The van der Waals surface area contributed by atoms with Gasteiger partial charge in [0, 0.05) is 11.6 Å². The molecule has 0 saturated carbocycles. The van der Waals surface area contributed by atoms with Gasteiger partial charge in [-0.15, -0.1) is 0 Å². The lowest BCUT2D eigenvalue weighted by Gasteiger charge is -1.98. The van der Waals surface area contributed by atoms with Crippen LogP contribution in [0, 0.1) is 0 Å². The van der Waals surface area contributed by atoms with Crippen molar-refractivity contribution in [2.45, 2.75) is 0 Å². The lowest BCUT2D eigenvalue weighted by atomic mass is 10.2. The van der Waals surface area contributed by atoms with Gasteiger partial charge in [0.25, 0.3) is 0 Å². The molecule has 2 aromatic rings. The van der Waals surface area contributed by atoms with E-state index >= 15 is 0 Å². The summed E-state index contributed by atoms with van der Waals surface area (Å²) in [6, 6.07) is 10.7. The largest absolute Gasteiger partial charge is 0.478 e. The predicted octanol–water partition coefficient (Wildman–Crippen LogP) is 3.70. The van der Waals surface area contributed by atoms with Crippen LogP contribution in [-0.2, 0) is 4.79 Å². The van der Waals surface area contributed by atoms with Gasteiger partial charge in [-0.25, -0.2) is 4.79 Å². The Morgan fingerprint density at radius 3 is 2.71 bits per heavy atom. The molecule has 17 heavy (non-hydrogen) atoms. The molecule has 0 aliphatic heterocycles. The molecule has 3 nitrogen and oxygen atoms in total. The lowest BCUT2D eigenvalue weighted by Crippen LogP contribution is -1.84. The monoisotopic (exact) mass is 248 g/mol. The minimum Gasteiger partial charge on any atom is -0.478 e. The van der Waals surface area contributed by atoms with E-state index in [1.165, 1.54) is 6.08 Å². The number of aliphatic carboxylic acids is 1. The Kier molecular flexibility index (Phi) is 3.30. The van der Waals surface area contributed by atoms with Crippen LogP contribution in [0.25, 0.3) is 17.4 Å². The third-order valence-electron chi connectivity index (χ3n) is 2.16. The molecule has 0 amide bonds. The summed E-state index contributed by atoms with van der Waals surface area (Å²) in [7, 11) is 0. The fourth-order valence-corrected chi connectivity index (χ4v) is 1.63. The Balaban J connectivity index is 2.30. The summed E-state index contributed by atoms with van der Waals surface area (Å²) >= 11 is 6.02. The first-order valence-electron chi connectivity index (χ1n) is 4.92. The summed E-state index contributed by atoms with van der Waals surface area (Å²) in [6.45, 7) is 0. The minimum absolute atomic E-state index is 0.474. The summed E-state index contributed by atoms with van der Waals surface area (Å²) in [5.74, 6) is 0.0728. The molecule has 0 fully saturated rings. The van der Waals surface area contributed by atoms with Crippen LogP contribution in [0.2, 0.25) is 5.02 Å². The van der Waals surface area contributed by atoms with Crippen molar-refractivity contribution in [2.24, 2.45) is 0 Å². The van der Waals surface area contributed by atoms with E-state index in [0.717, 1.165) is 11.6 Å². The number of carboxylic acid groups (broad SMARTS) is 1. The predicted molar refractivity (Wildman–Crippen MR) is 65.8 cm³/mol. The van der Waals surface area contributed by atoms with Crippen molar-refractivity contribution >= 4 is 23.6 Å². The first-order chi connectivity index (χ1) is 8.16. The third-order valence-corrected chi connectivity index (χ3v) is 2.49. The van der Waals surface area contributed by atoms with Gasteiger partial charge in [-0.1, -0.05) is 23.7 Å². The molecule has 1 heterocycles. The number of carboxylic acids is 1. The summed E-state index contributed by atoms with van der Waals surface area (Å²) in [4.78, 5) is 10.4. The van der Waals surface area contributed by atoms with Crippen LogP contribution in [0.5, 0.6) is 0 Å². The number of hydrogen-bond acceptors (Lipinski definition) is 2. The molecule has 0 radical (unpaired) electrons. The van der Waals surface area contributed by atoms with Crippen LogP contribution in [0.4, 0.5) is 0 Å². The first-order valence-corrected chi connectivity index (χ1v) is 5.30. The van der Waals surface area contributed by atoms with E-state index in [9.17, 15) is 4.79 Å². The van der Waals surface area contributed by atoms with Gasteiger partial charge in [0.1, 0.15) is 11.5 Å². The maximum absolute atomic E-state index is 10.4. The topological polar surface area (TPSA) is 50.4 Å². The van der Waals surface area contributed by atoms with Crippen molar-refractivity contribution in [1.82, 2.24) is 0 Å². The van der Waals surface area contributed by atoms with Crippen molar-refractivity contribution in [3.05, 3.63) is 53.3 Å². The number of benzene rings is 1. The van der Waals surface area contributed by atoms with Crippen LogP contribution in [-0.4, -0.2) is 11.1 Å². The standard InChI is InChI=1S/C13H9ClO3/c14-11-4-2-1-3-10(11)12-7-5-9(17-12)6-8-13(15)16/h1-8H,(H,15,16)/b8-6-. The molecule has 1 N–H and O–H groups in total. The SMILES string of the molecule is O=C(O)/C=C\c1ccc(-c2ccccc2Cl)o1. The zero-order valence-corrected chi connectivity index (χ0v) is 9.52. The van der Waals surface area contributed by atoms with Crippen molar-refractivity contribution in [3.8, 4) is 11.3 Å². The van der Waals surface area contributed by atoms with Crippen molar-refractivity contribution in [2.75, 3.05) is 0 Å². The van der Waals surface area contributed by atoms with Crippen LogP contribution in [0.3, 0.4) is 0 Å². The van der Waals surface area contributed by atoms with E-state index in [4.69, 9.17) is 21.1 Å². The Hall–Kier alpha value is -2.00. The molecule has 0 aliphatic carbocycles. The van der Waals surface area contributed by atoms with E-state index in [2.05, 4.69) is 0 Å². The highest BCUT2D eigenvalue weighted by Crippen LogP contribution is 2.29. The molecule has 4 heteroatoms. The molecule has 0 atom stereocenters. The lowest BCUT2D eigenvalue weighted by molar-refractivity contribution is -0.131. The van der Waals surface area contributed by atoms with Gasteiger partial charge in [0.05, 0.1) is 5.02 Å². The average molecular weight is 249 g/mol. The molecule has 0 aliphatic rings. The van der Waals surface area contributed by atoms with E-state index in [1.807, 2.05) is 18.2 Å². The summed E-state index contributed by atoms with van der Waals surface area (Å²) in [5.41, 5.74) is 0.782. The van der Waals surface area contributed by atoms with E-state index < -0.39 is 5.97 Å². The number of rotatable bonds is 3. The summed E-state index contributed by atoms with van der Waals surface area (Å²) in [6.07, 6.45) is 2.41. The fourth-order valence-electron chi connectivity index (χ4n) is 1.40. The van der Waals surface area contributed by atoms with Crippen molar-refractivity contribution < 1.29 is 14.3 Å². The molecule has 86 valence electrons. The van der Waals surface area contributed by atoms with E-state index in [1.54, 1.807) is 18.2 Å². The highest BCUT2D eigenvalue weighted by Gasteiger charge is 2.06. The first kappa shape index (κ1) is 11.5. The zero-order valence-electron chi connectivity index (χ0n) is 8.76. The molecule has 0 unspecified atom stereocenters. The Bertz CT molecular complexity index is 570. The summed E-state index contributed by atoms with van der Waals surface area (Å²) < 4.78 is 5.47. The Labute approximate surface area is 103 Å². The van der Waals surface area contributed by atoms with Gasteiger partial charge >= 0.3 is 5.97 Å². The van der Waals surface area contributed by atoms with Crippen LogP contribution >= 0.6 is 11.6 Å². The second-order valence-electron chi connectivity index (χ2n) is 3.35. The molecule has 2 rings (SSSR count). The van der Waals surface area contributed by atoms with Gasteiger partial charge in [0.15, 0.2) is 0 Å². The maximum atomic E-state index is 10.4. The van der Waals surface area contributed by atoms with Crippen LogP contribution < -0.4 is 0 Å². The molecule has 0 spiro atoms. The Morgan fingerprint density at radius 2 is 2.00 bits per heavy atom. The third kappa shape index (κ3) is 2.77. The number of furan rings is 1. The van der Waals surface area contributed by atoms with Gasteiger partial charge in [-0.2, -0.15) is 0 Å². The smallest absolute Gasteiger partial charge is 0.328 e. The van der Waals surface area contributed by atoms with E-state index in [-0.39, 0.29) is 0 Å². The molecular formula is C13H9ClO3. The summed E-state index contributed by atoms with van der Waals surface area (Å²) in [5, 5.41) is 9.09. The molecule has 1 aromatic carbocycles. The van der Waals surface area contributed by atoms with Crippen LogP contribution in [0.15, 0.2) is 46.9 Å². The Morgan fingerprint density at radius 1 is 1.24 bits per heavy atom. The quantitative estimate of drug-likeness (QED) is 0.843. The molecule has 0 bridgehead atoms. The zero-order chi connectivity index (χ0) is 12.3. The molecule has 1 aromatic heterocycles. The average Bonchev–Trinajstić information content (AvgIpc) is 2.75. The van der Waals surface area contributed by atoms with Gasteiger partial charge in [-0.05, 0) is 30.3 Å². The molecule has 0 saturated heterocycles. The van der Waals surface area contributed by atoms with Crippen LogP contribution in [0.1, 0.15) is 5.76 Å².